The Balaban J connectivity index is 1.69. The van der Waals surface area contributed by atoms with Crippen LogP contribution in [0.25, 0.3) is 0 Å². The standard InChI is InChI=1S/C30H32Cl2N2O2/c1-21-14-16-23(17-15-21)19-29(35)34(20-25-26(31)12-7-13-27(25)32)28(18-22-8-3-2-4-9-22)30(36)33-24-10-5-6-11-24/h2-4,7-9,12-17,24,28H,5-6,10-11,18-20H2,1H3,(H,33,36)/t28-/m1/s1. The number of rotatable bonds is 9. The average Bonchev–Trinajstić information content (AvgIpc) is 3.38. The fraction of sp³-hybridized carbons (Fsp3) is 0.333. The molecule has 0 aliphatic heterocycles. The van der Waals surface area contributed by atoms with E-state index in [0.717, 1.165) is 42.4 Å². The first-order valence-electron chi connectivity index (χ1n) is 12.5. The van der Waals surface area contributed by atoms with Crippen LogP contribution in [0.15, 0.2) is 72.8 Å². The Labute approximate surface area is 223 Å². The highest BCUT2D eigenvalue weighted by Crippen LogP contribution is 2.28. The van der Waals surface area contributed by atoms with Crippen LogP contribution in [0, 0.1) is 6.92 Å². The number of aryl methyl sites for hydroxylation is 1. The van der Waals surface area contributed by atoms with Crippen molar-refractivity contribution in [1.29, 1.82) is 0 Å². The van der Waals surface area contributed by atoms with Crippen molar-refractivity contribution < 1.29 is 9.59 Å². The van der Waals surface area contributed by atoms with Crippen molar-refractivity contribution in [3.63, 3.8) is 0 Å². The third-order valence-electron chi connectivity index (χ3n) is 6.84. The van der Waals surface area contributed by atoms with Gasteiger partial charge in [-0.2, -0.15) is 0 Å². The van der Waals surface area contributed by atoms with E-state index in [-0.39, 0.29) is 30.8 Å². The molecular weight excluding hydrogens is 491 g/mol. The normalized spacial score (nSPS) is 14.4. The van der Waals surface area contributed by atoms with Gasteiger partial charge in [0, 0.05) is 34.6 Å². The van der Waals surface area contributed by atoms with E-state index in [1.54, 1.807) is 23.1 Å². The molecule has 2 amide bonds. The van der Waals surface area contributed by atoms with Crippen molar-refractivity contribution in [1.82, 2.24) is 10.2 Å². The Morgan fingerprint density at radius 2 is 1.53 bits per heavy atom. The van der Waals surface area contributed by atoms with Gasteiger partial charge in [-0.3, -0.25) is 9.59 Å². The highest BCUT2D eigenvalue weighted by atomic mass is 35.5. The highest BCUT2D eigenvalue weighted by Gasteiger charge is 2.33. The Kier molecular flexibility index (Phi) is 9.06. The molecule has 1 N–H and O–H groups in total. The summed E-state index contributed by atoms with van der Waals surface area (Å²) in [5.41, 5.74) is 3.66. The van der Waals surface area contributed by atoms with Crippen molar-refractivity contribution in [3.05, 3.63) is 105 Å². The molecule has 4 rings (SSSR count). The van der Waals surface area contributed by atoms with Gasteiger partial charge in [0.15, 0.2) is 0 Å². The minimum absolute atomic E-state index is 0.133. The van der Waals surface area contributed by atoms with Crippen LogP contribution < -0.4 is 5.32 Å². The number of hydrogen-bond acceptors (Lipinski definition) is 2. The molecule has 4 nitrogen and oxygen atoms in total. The molecule has 1 saturated carbocycles. The highest BCUT2D eigenvalue weighted by molar-refractivity contribution is 6.36. The molecule has 0 heterocycles. The van der Waals surface area contributed by atoms with E-state index < -0.39 is 6.04 Å². The van der Waals surface area contributed by atoms with Gasteiger partial charge in [0.1, 0.15) is 6.04 Å². The minimum atomic E-state index is -0.696. The van der Waals surface area contributed by atoms with Crippen molar-refractivity contribution in [2.75, 3.05) is 0 Å². The summed E-state index contributed by atoms with van der Waals surface area (Å²) >= 11 is 13.0. The predicted molar refractivity (Wildman–Crippen MR) is 146 cm³/mol. The molecule has 0 unspecified atom stereocenters. The number of benzene rings is 3. The Hall–Kier alpha value is -2.82. The van der Waals surface area contributed by atoms with E-state index in [0.29, 0.717) is 22.0 Å². The molecule has 1 aliphatic rings. The molecule has 188 valence electrons. The predicted octanol–water partition coefficient (Wildman–Crippen LogP) is 6.54. The molecule has 36 heavy (non-hydrogen) atoms. The SMILES string of the molecule is Cc1ccc(CC(=O)N(Cc2c(Cl)cccc2Cl)[C@H](Cc2ccccc2)C(=O)NC2CCCC2)cc1. The van der Waals surface area contributed by atoms with E-state index in [1.807, 2.05) is 61.5 Å². The number of carbonyl (C=O) groups excluding carboxylic acids is 2. The number of halogens is 2. The second kappa shape index (κ2) is 12.4. The Morgan fingerprint density at radius 1 is 0.889 bits per heavy atom. The second-order valence-corrected chi connectivity index (χ2v) is 10.4. The zero-order valence-corrected chi connectivity index (χ0v) is 22.1. The first kappa shape index (κ1) is 26.2. The van der Waals surface area contributed by atoms with Gasteiger partial charge in [-0.25, -0.2) is 0 Å². The van der Waals surface area contributed by atoms with Crippen LogP contribution in [0.5, 0.6) is 0 Å². The zero-order chi connectivity index (χ0) is 25.5. The lowest BCUT2D eigenvalue weighted by Crippen LogP contribution is -2.52. The van der Waals surface area contributed by atoms with Crippen LogP contribution in [0.4, 0.5) is 0 Å². The summed E-state index contributed by atoms with van der Waals surface area (Å²) < 4.78 is 0. The molecule has 1 fully saturated rings. The maximum Gasteiger partial charge on any atom is 0.243 e. The molecule has 0 saturated heterocycles. The van der Waals surface area contributed by atoms with E-state index >= 15 is 0 Å². The average molecular weight is 524 g/mol. The molecule has 0 aromatic heterocycles. The molecule has 0 spiro atoms. The number of nitrogens with one attached hydrogen (secondary N) is 1. The topological polar surface area (TPSA) is 49.4 Å². The van der Waals surface area contributed by atoms with E-state index in [4.69, 9.17) is 23.2 Å². The van der Waals surface area contributed by atoms with Crippen molar-refractivity contribution in [2.45, 2.75) is 64.1 Å². The van der Waals surface area contributed by atoms with Crippen LogP contribution in [0.2, 0.25) is 10.0 Å². The first-order valence-corrected chi connectivity index (χ1v) is 13.3. The summed E-state index contributed by atoms with van der Waals surface area (Å²) in [6, 6.07) is 22.5. The molecule has 1 atom stereocenters. The summed E-state index contributed by atoms with van der Waals surface area (Å²) in [5, 5.41) is 4.18. The van der Waals surface area contributed by atoms with Gasteiger partial charge in [0.2, 0.25) is 11.8 Å². The van der Waals surface area contributed by atoms with Crippen molar-refractivity contribution in [2.24, 2.45) is 0 Å². The van der Waals surface area contributed by atoms with Crippen molar-refractivity contribution in [3.8, 4) is 0 Å². The van der Waals surface area contributed by atoms with E-state index in [9.17, 15) is 9.59 Å². The minimum Gasteiger partial charge on any atom is -0.352 e. The smallest absolute Gasteiger partial charge is 0.243 e. The lowest BCUT2D eigenvalue weighted by atomic mass is 10.0. The summed E-state index contributed by atoms with van der Waals surface area (Å²) in [6.07, 6.45) is 4.75. The van der Waals surface area contributed by atoms with Crippen LogP contribution in [0.3, 0.4) is 0 Å². The monoisotopic (exact) mass is 522 g/mol. The van der Waals surface area contributed by atoms with Gasteiger partial charge in [0.05, 0.1) is 6.42 Å². The van der Waals surface area contributed by atoms with Gasteiger partial charge >= 0.3 is 0 Å². The van der Waals surface area contributed by atoms with E-state index in [2.05, 4.69) is 5.32 Å². The first-order chi connectivity index (χ1) is 17.4. The molecule has 0 bridgehead atoms. The third kappa shape index (κ3) is 6.89. The molecule has 0 radical (unpaired) electrons. The second-order valence-electron chi connectivity index (χ2n) is 9.58. The van der Waals surface area contributed by atoms with Gasteiger partial charge in [-0.15, -0.1) is 0 Å². The Morgan fingerprint density at radius 3 is 2.17 bits per heavy atom. The van der Waals surface area contributed by atoms with Crippen LogP contribution in [-0.2, 0) is 29.0 Å². The maximum atomic E-state index is 13.9. The fourth-order valence-corrected chi connectivity index (χ4v) is 5.27. The van der Waals surface area contributed by atoms with Crippen molar-refractivity contribution >= 4 is 35.0 Å². The van der Waals surface area contributed by atoms with Crippen LogP contribution >= 0.6 is 23.2 Å². The molecular formula is C30H32Cl2N2O2. The maximum absolute atomic E-state index is 13.9. The summed E-state index contributed by atoms with van der Waals surface area (Å²) in [6.45, 7) is 2.17. The fourth-order valence-electron chi connectivity index (χ4n) is 4.76. The number of nitrogens with zero attached hydrogens (tertiary/aromatic N) is 1. The quantitative estimate of drug-likeness (QED) is 0.346. The van der Waals surface area contributed by atoms with Gasteiger partial charge in [-0.1, -0.05) is 102 Å². The zero-order valence-electron chi connectivity index (χ0n) is 20.6. The molecule has 6 heteroatoms. The molecule has 1 aliphatic carbocycles. The molecule has 3 aromatic rings. The lowest BCUT2D eigenvalue weighted by Gasteiger charge is -2.33. The number of amides is 2. The van der Waals surface area contributed by atoms with E-state index in [1.165, 1.54) is 0 Å². The summed E-state index contributed by atoms with van der Waals surface area (Å²) in [7, 11) is 0. The van der Waals surface area contributed by atoms with Gasteiger partial charge in [-0.05, 0) is 43.0 Å². The number of hydrogen-bond donors (Lipinski definition) is 1. The van der Waals surface area contributed by atoms with Crippen LogP contribution in [0.1, 0.15) is 47.9 Å². The van der Waals surface area contributed by atoms with Crippen LogP contribution in [-0.4, -0.2) is 28.8 Å². The largest absolute Gasteiger partial charge is 0.352 e. The summed E-state index contributed by atoms with van der Waals surface area (Å²) in [4.78, 5) is 29.3. The lowest BCUT2D eigenvalue weighted by molar-refractivity contribution is -0.141. The molecule has 3 aromatic carbocycles. The Bertz CT molecular complexity index is 1160. The van der Waals surface area contributed by atoms with Gasteiger partial charge < -0.3 is 10.2 Å². The number of carbonyl (C=O) groups is 2. The summed E-state index contributed by atoms with van der Waals surface area (Å²) in [5.74, 6) is -0.275. The third-order valence-corrected chi connectivity index (χ3v) is 7.55. The van der Waals surface area contributed by atoms with Gasteiger partial charge in [0.25, 0.3) is 0 Å².